The molecule has 2 amide bonds. The van der Waals surface area contributed by atoms with Gasteiger partial charge in [0.1, 0.15) is 12.1 Å². The number of pyridine rings is 1. The number of likely N-dealkylation sites (N-methyl/N-ethyl adjacent to an activating group) is 1. The molecule has 0 aliphatic carbocycles. The van der Waals surface area contributed by atoms with Gasteiger partial charge in [-0.15, -0.1) is 0 Å². The lowest BCUT2D eigenvalue weighted by atomic mass is 10.1. The molecule has 0 unspecified atom stereocenters. The van der Waals surface area contributed by atoms with E-state index in [1.54, 1.807) is 44.2 Å². The van der Waals surface area contributed by atoms with Crippen LogP contribution in [-0.4, -0.2) is 49.8 Å². The number of hydrogen-bond acceptors (Lipinski definition) is 4. The van der Waals surface area contributed by atoms with Crippen LogP contribution in [0.5, 0.6) is 0 Å². The fourth-order valence-corrected chi connectivity index (χ4v) is 2.03. The summed E-state index contributed by atoms with van der Waals surface area (Å²) in [6, 6.07) is 3.53. The number of aromatic nitrogens is 3. The van der Waals surface area contributed by atoms with Crippen molar-refractivity contribution in [2.75, 3.05) is 13.6 Å². The summed E-state index contributed by atoms with van der Waals surface area (Å²) >= 11 is 0. The van der Waals surface area contributed by atoms with Gasteiger partial charge in [0, 0.05) is 32.2 Å². The van der Waals surface area contributed by atoms with Gasteiger partial charge in [-0.3, -0.25) is 4.57 Å². The van der Waals surface area contributed by atoms with Crippen LogP contribution >= 0.6 is 0 Å². The van der Waals surface area contributed by atoms with Gasteiger partial charge in [0.05, 0.1) is 12.1 Å². The van der Waals surface area contributed by atoms with Crippen LogP contribution in [0.4, 0.5) is 4.79 Å². The van der Waals surface area contributed by atoms with E-state index in [1.165, 1.54) is 4.90 Å². The maximum atomic E-state index is 11.9. The van der Waals surface area contributed by atoms with Gasteiger partial charge in [-0.25, -0.2) is 14.8 Å². The maximum absolute atomic E-state index is 11.9. The van der Waals surface area contributed by atoms with Crippen LogP contribution in [0.25, 0.3) is 5.82 Å². The minimum Gasteiger partial charge on any atom is -0.389 e. The Morgan fingerprint density at radius 3 is 2.77 bits per heavy atom. The van der Waals surface area contributed by atoms with Gasteiger partial charge in [-0.2, -0.15) is 0 Å². The summed E-state index contributed by atoms with van der Waals surface area (Å²) in [4.78, 5) is 21.7. The normalized spacial score (nSPS) is 11.3. The van der Waals surface area contributed by atoms with Crippen molar-refractivity contribution in [3.8, 4) is 5.82 Å². The fraction of sp³-hybridized carbons (Fsp3) is 0.400. The van der Waals surface area contributed by atoms with Crippen molar-refractivity contribution in [2.24, 2.45) is 0 Å². The van der Waals surface area contributed by atoms with E-state index in [1.807, 2.05) is 18.3 Å². The molecule has 0 saturated heterocycles. The largest absolute Gasteiger partial charge is 0.389 e. The molecule has 0 fully saturated rings. The van der Waals surface area contributed by atoms with E-state index in [4.69, 9.17) is 0 Å². The molecule has 2 N–H and O–H groups in total. The van der Waals surface area contributed by atoms with Crippen molar-refractivity contribution in [3.05, 3.63) is 42.6 Å². The monoisotopic (exact) mass is 303 g/mol. The molecule has 2 rings (SSSR count). The molecule has 0 aromatic carbocycles. The number of urea groups is 1. The van der Waals surface area contributed by atoms with E-state index >= 15 is 0 Å². The zero-order valence-corrected chi connectivity index (χ0v) is 13.0. The topological polar surface area (TPSA) is 83.3 Å². The van der Waals surface area contributed by atoms with Crippen molar-refractivity contribution in [1.29, 1.82) is 0 Å². The molecule has 2 aromatic heterocycles. The van der Waals surface area contributed by atoms with Gasteiger partial charge < -0.3 is 15.3 Å². The highest BCUT2D eigenvalue weighted by molar-refractivity contribution is 5.73. The number of carbonyl (C=O) groups is 1. The quantitative estimate of drug-likeness (QED) is 0.869. The highest BCUT2D eigenvalue weighted by Gasteiger charge is 2.18. The van der Waals surface area contributed by atoms with E-state index < -0.39 is 5.60 Å². The molecule has 0 aliphatic heterocycles. The SMILES string of the molecule is CN(CC(C)(C)O)C(=O)NCc1ccc(-n2ccnc2)nc1. The van der Waals surface area contributed by atoms with E-state index in [0.717, 1.165) is 11.4 Å². The Balaban J connectivity index is 1.88. The number of carbonyl (C=O) groups excluding carboxylic acids is 1. The Bertz CT molecular complexity index is 602. The molecule has 7 heteroatoms. The summed E-state index contributed by atoms with van der Waals surface area (Å²) < 4.78 is 1.81. The van der Waals surface area contributed by atoms with Crippen LogP contribution in [0.3, 0.4) is 0 Å². The Morgan fingerprint density at radius 1 is 1.45 bits per heavy atom. The smallest absolute Gasteiger partial charge is 0.317 e. The third-order valence-electron chi connectivity index (χ3n) is 2.99. The third-order valence-corrected chi connectivity index (χ3v) is 2.99. The summed E-state index contributed by atoms with van der Waals surface area (Å²) in [6.07, 6.45) is 6.89. The van der Waals surface area contributed by atoms with Gasteiger partial charge in [-0.1, -0.05) is 6.07 Å². The molecule has 0 atom stereocenters. The number of nitrogens with zero attached hydrogens (tertiary/aromatic N) is 4. The van der Waals surface area contributed by atoms with Gasteiger partial charge in [0.15, 0.2) is 0 Å². The molecule has 0 bridgehead atoms. The second-order valence-electron chi connectivity index (χ2n) is 5.82. The lowest BCUT2D eigenvalue weighted by Crippen LogP contribution is -2.44. The minimum absolute atomic E-state index is 0.235. The van der Waals surface area contributed by atoms with Crippen molar-refractivity contribution in [3.63, 3.8) is 0 Å². The molecule has 2 heterocycles. The minimum atomic E-state index is -0.917. The summed E-state index contributed by atoms with van der Waals surface area (Å²) in [6.45, 7) is 3.97. The second kappa shape index (κ2) is 6.57. The summed E-state index contributed by atoms with van der Waals surface area (Å²) in [5, 5.41) is 12.5. The first-order chi connectivity index (χ1) is 10.3. The molecular weight excluding hydrogens is 282 g/mol. The number of hydrogen-bond donors (Lipinski definition) is 2. The molecule has 0 saturated carbocycles. The summed E-state index contributed by atoms with van der Waals surface area (Å²) in [7, 11) is 1.65. The average molecular weight is 303 g/mol. The van der Waals surface area contributed by atoms with Crippen molar-refractivity contribution in [1.82, 2.24) is 24.8 Å². The Morgan fingerprint density at radius 2 is 2.23 bits per heavy atom. The molecule has 0 aliphatic rings. The van der Waals surface area contributed by atoms with E-state index in [2.05, 4.69) is 15.3 Å². The first-order valence-electron chi connectivity index (χ1n) is 7.00. The van der Waals surface area contributed by atoms with E-state index in [-0.39, 0.29) is 12.6 Å². The fourth-order valence-electron chi connectivity index (χ4n) is 2.03. The number of rotatable bonds is 5. The molecule has 7 nitrogen and oxygen atoms in total. The van der Waals surface area contributed by atoms with E-state index in [9.17, 15) is 9.90 Å². The summed E-state index contributed by atoms with van der Waals surface area (Å²) in [5.41, 5.74) is -0.0195. The Kier molecular flexibility index (Phi) is 4.77. The van der Waals surface area contributed by atoms with Gasteiger partial charge in [0.25, 0.3) is 0 Å². The van der Waals surface area contributed by atoms with Crippen molar-refractivity contribution >= 4 is 6.03 Å². The summed E-state index contributed by atoms with van der Waals surface area (Å²) in [5.74, 6) is 0.770. The molecule has 0 radical (unpaired) electrons. The average Bonchev–Trinajstić information content (AvgIpc) is 2.97. The molecule has 118 valence electrons. The van der Waals surface area contributed by atoms with Gasteiger partial charge in [-0.05, 0) is 25.5 Å². The first-order valence-corrected chi connectivity index (χ1v) is 7.00. The highest BCUT2D eigenvalue weighted by atomic mass is 16.3. The Labute approximate surface area is 129 Å². The van der Waals surface area contributed by atoms with Crippen LogP contribution in [0.15, 0.2) is 37.1 Å². The number of aliphatic hydroxyl groups is 1. The van der Waals surface area contributed by atoms with Gasteiger partial charge in [0.2, 0.25) is 0 Å². The number of nitrogens with one attached hydrogen (secondary N) is 1. The van der Waals surface area contributed by atoms with Crippen molar-refractivity contribution in [2.45, 2.75) is 26.0 Å². The van der Waals surface area contributed by atoms with Crippen LogP contribution in [0.2, 0.25) is 0 Å². The van der Waals surface area contributed by atoms with Crippen LogP contribution in [0.1, 0.15) is 19.4 Å². The predicted molar refractivity (Wildman–Crippen MR) is 82.5 cm³/mol. The molecule has 2 aromatic rings. The Hall–Kier alpha value is -2.41. The van der Waals surface area contributed by atoms with Crippen LogP contribution in [0, 0.1) is 0 Å². The first kappa shape index (κ1) is 16.0. The highest BCUT2D eigenvalue weighted by Crippen LogP contribution is 2.06. The lowest BCUT2D eigenvalue weighted by molar-refractivity contribution is 0.0531. The third kappa shape index (κ3) is 4.56. The second-order valence-corrected chi connectivity index (χ2v) is 5.82. The maximum Gasteiger partial charge on any atom is 0.317 e. The lowest BCUT2D eigenvalue weighted by Gasteiger charge is -2.25. The molecular formula is C15H21N5O2. The standard InChI is InChI=1S/C15H21N5O2/c1-15(2,22)10-19(3)14(21)18-9-12-4-5-13(17-8-12)20-7-6-16-11-20/h4-8,11,22H,9-10H2,1-3H3,(H,18,21). The molecule has 0 spiro atoms. The number of amides is 2. The van der Waals surface area contributed by atoms with E-state index in [0.29, 0.717) is 6.54 Å². The van der Waals surface area contributed by atoms with Gasteiger partial charge >= 0.3 is 6.03 Å². The van der Waals surface area contributed by atoms with Crippen molar-refractivity contribution < 1.29 is 9.90 Å². The zero-order chi connectivity index (χ0) is 16.2. The molecule has 22 heavy (non-hydrogen) atoms. The van der Waals surface area contributed by atoms with Crippen LogP contribution in [-0.2, 0) is 6.54 Å². The zero-order valence-electron chi connectivity index (χ0n) is 13.0. The predicted octanol–water partition coefficient (Wildman–Crippen LogP) is 1.18. The number of imidazole rings is 1. The van der Waals surface area contributed by atoms with Crippen LogP contribution < -0.4 is 5.32 Å².